The van der Waals surface area contributed by atoms with Gasteiger partial charge in [-0.15, -0.1) is 10.2 Å². The van der Waals surface area contributed by atoms with Crippen LogP contribution in [-0.2, 0) is 10.8 Å². The second-order valence-corrected chi connectivity index (χ2v) is 8.70. The summed E-state index contributed by atoms with van der Waals surface area (Å²) in [6.07, 6.45) is 0. The third-order valence-electron chi connectivity index (χ3n) is 4.29. The van der Waals surface area contributed by atoms with Gasteiger partial charge in [0.1, 0.15) is 5.75 Å². The van der Waals surface area contributed by atoms with Crippen LogP contribution in [0.1, 0.15) is 63.0 Å². The Morgan fingerprint density at radius 1 is 0.964 bits per heavy atom. The monoisotopic (exact) mass is 383 g/mol. The van der Waals surface area contributed by atoms with Gasteiger partial charge in [-0.3, -0.25) is 14.9 Å². The minimum Gasteiger partial charge on any atom is -0.507 e. The van der Waals surface area contributed by atoms with E-state index in [0.29, 0.717) is 5.69 Å². The number of carbonyl (C=O) groups excluding carboxylic acids is 1. The molecule has 0 fully saturated rings. The van der Waals surface area contributed by atoms with Crippen LogP contribution in [0.3, 0.4) is 0 Å². The van der Waals surface area contributed by atoms with Crippen molar-refractivity contribution in [3.8, 4) is 5.75 Å². The van der Waals surface area contributed by atoms with Crippen molar-refractivity contribution in [3.05, 3.63) is 63.2 Å². The van der Waals surface area contributed by atoms with Crippen molar-refractivity contribution in [1.82, 2.24) is 0 Å². The molecule has 0 aliphatic rings. The molecular formula is C21H25N3O4. The largest absolute Gasteiger partial charge is 0.507 e. The molecule has 1 amide bonds. The molecule has 2 rings (SSSR count). The van der Waals surface area contributed by atoms with E-state index in [9.17, 15) is 20.0 Å². The number of amides is 1. The van der Waals surface area contributed by atoms with Gasteiger partial charge in [0.15, 0.2) is 0 Å². The molecule has 7 heteroatoms. The fraction of sp³-hybridized carbons (Fsp3) is 0.381. The maximum Gasteiger partial charge on any atom is 0.295 e. The second-order valence-electron chi connectivity index (χ2n) is 8.70. The molecule has 28 heavy (non-hydrogen) atoms. The van der Waals surface area contributed by atoms with Crippen molar-refractivity contribution >= 4 is 17.3 Å². The number of phenols is 1. The molecule has 148 valence electrons. The Balaban J connectivity index is 2.41. The summed E-state index contributed by atoms with van der Waals surface area (Å²) < 4.78 is 0. The van der Waals surface area contributed by atoms with Gasteiger partial charge in [-0.1, -0.05) is 41.5 Å². The van der Waals surface area contributed by atoms with Crippen LogP contribution in [0.2, 0.25) is 0 Å². The first-order valence-corrected chi connectivity index (χ1v) is 8.89. The highest BCUT2D eigenvalue weighted by Crippen LogP contribution is 2.41. The Labute approximate surface area is 164 Å². The zero-order chi connectivity index (χ0) is 21.3. The molecule has 0 saturated heterocycles. The molecule has 0 bridgehead atoms. The maximum atomic E-state index is 12.3. The molecule has 7 nitrogen and oxygen atoms in total. The number of nitro groups is 1. The predicted octanol–water partition coefficient (Wildman–Crippen LogP) is 5.82. The molecule has 0 spiro atoms. The normalized spacial score (nSPS) is 12.4. The Morgan fingerprint density at radius 2 is 1.43 bits per heavy atom. The summed E-state index contributed by atoms with van der Waals surface area (Å²) in [5, 5.41) is 29.2. The summed E-state index contributed by atoms with van der Waals surface area (Å²) in [5.41, 5.74) is 1.36. The molecule has 0 radical (unpaired) electrons. The lowest BCUT2D eigenvalue weighted by Crippen LogP contribution is -2.16. The van der Waals surface area contributed by atoms with Crippen molar-refractivity contribution in [1.29, 1.82) is 0 Å². The van der Waals surface area contributed by atoms with Gasteiger partial charge in [-0.2, -0.15) is 0 Å². The highest BCUT2D eigenvalue weighted by atomic mass is 16.6. The zero-order valence-corrected chi connectivity index (χ0v) is 17.0. The van der Waals surface area contributed by atoms with Crippen molar-refractivity contribution in [2.75, 3.05) is 0 Å². The molecule has 0 atom stereocenters. The van der Waals surface area contributed by atoms with Crippen molar-refractivity contribution < 1.29 is 14.8 Å². The highest BCUT2D eigenvalue weighted by Gasteiger charge is 2.26. The van der Waals surface area contributed by atoms with Crippen LogP contribution >= 0.6 is 0 Å². The average molecular weight is 383 g/mol. The van der Waals surface area contributed by atoms with Gasteiger partial charge in [-0.05, 0) is 35.1 Å². The topological polar surface area (TPSA) is 105 Å². The van der Waals surface area contributed by atoms with Crippen molar-refractivity contribution in [3.63, 3.8) is 0 Å². The molecule has 0 saturated carbocycles. The van der Waals surface area contributed by atoms with E-state index in [-0.39, 0.29) is 27.8 Å². The number of carbonyl (C=O) groups is 1. The van der Waals surface area contributed by atoms with Crippen LogP contribution in [-0.4, -0.2) is 15.9 Å². The van der Waals surface area contributed by atoms with E-state index in [1.54, 1.807) is 12.1 Å². The molecule has 0 aliphatic heterocycles. The number of benzene rings is 2. The Hall–Kier alpha value is -3.09. The van der Waals surface area contributed by atoms with E-state index < -0.39 is 10.8 Å². The Morgan fingerprint density at radius 3 is 1.82 bits per heavy atom. The van der Waals surface area contributed by atoms with Gasteiger partial charge < -0.3 is 5.11 Å². The zero-order valence-electron chi connectivity index (χ0n) is 17.0. The van der Waals surface area contributed by atoms with E-state index in [1.807, 2.05) is 41.5 Å². The summed E-state index contributed by atoms with van der Waals surface area (Å²) in [4.78, 5) is 22.4. The molecule has 0 heterocycles. The smallest absolute Gasteiger partial charge is 0.295 e. The molecule has 0 aliphatic carbocycles. The lowest BCUT2D eigenvalue weighted by atomic mass is 9.79. The summed E-state index contributed by atoms with van der Waals surface area (Å²) in [7, 11) is 0. The van der Waals surface area contributed by atoms with E-state index in [4.69, 9.17) is 0 Å². The third-order valence-corrected chi connectivity index (χ3v) is 4.29. The van der Waals surface area contributed by atoms with Gasteiger partial charge >= 0.3 is 0 Å². The number of non-ortho nitro benzene ring substituents is 1. The number of aromatic hydroxyl groups is 1. The van der Waals surface area contributed by atoms with E-state index in [2.05, 4.69) is 10.2 Å². The number of azo groups is 1. The van der Waals surface area contributed by atoms with Gasteiger partial charge in [-0.25, -0.2) is 0 Å². The van der Waals surface area contributed by atoms with Crippen LogP contribution in [0, 0.1) is 10.1 Å². The number of phenolic OH excluding ortho intramolecular Hbond substituents is 1. The Kier molecular flexibility index (Phi) is 5.68. The van der Waals surface area contributed by atoms with Crippen LogP contribution in [0.5, 0.6) is 5.75 Å². The molecule has 2 aromatic carbocycles. The first-order valence-electron chi connectivity index (χ1n) is 8.89. The van der Waals surface area contributed by atoms with Gasteiger partial charge in [0.2, 0.25) is 0 Å². The lowest BCUT2D eigenvalue weighted by Gasteiger charge is -2.27. The molecule has 1 N–H and O–H groups in total. The van der Waals surface area contributed by atoms with Crippen molar-refractivity contribution in [2.24, 2.45) is 10.2 Å². The number of nitrogens with zero attached hydrogens (tertiary/aromatic N) is 3. The van der Waals surface area contributed by atoms with E-state index in [1.165, 1.54) is 24.3 Å². The SMILES string of the molecule is CC(C)(C)c1cc(N=NC(=O)c2ccc([N+](=O)[O-])cc2)cc(C(C)(C)C)c1O. The lowest BCUT2D eigenvalue weighted by molar-refractivity contribution is -0.384. The standard InChI is InChI=1S/C21H25N3O4/c1-20(2,3)16-11-14(12-17(18(16)25)21(4,5)6)22-23-19(26)13-7-9-15(10-8-13)24(27)28/h7-12,25H,1-6H3. The fourth-order valence-corrected chi connectivity index (χ4v) is 2.71. The summed E-state index contributed by atoms with van der Waals surface area (Å²) in [5.74, 6) is -0.377. The molecular weight excluding hydrogens is 358 g/mol. The number of nitro benzene ring substituents is 1. The quantitative estimate of drug-likeness (QED) is 0.409. The minimum atomic E-state index is -0.599. The average Bonchev–Trinajstić information content (AvgIpc) is 2.58. The highest BCUT2D eigenvalue weighted by molar-refractivity contribution is 5.94. The van der Waals surface area contributed by atoms with E-state index in [0.717, 1.165) is 11.1 Å². The first-order chi connectivity index (χ1) is 12.8. The number of rotatable bonds is 3. The van der Waals surface area contributed by atoms with Gasteiger partial charge in [0, 0.05) is 28.8 Å². The fourth-order valence-electron chi connectivity index (χ4n) is 2.71. The van der Waals surface area contributed by atoms with E-state index >= 15 is 0 Å². The number of hydrogen-bond donors (Lipinski definition) is 1. The first kappa shape index (κ1) is 21.2. The maximum absolute atomic E-state index is 12.3. The van der Waals surface area contributed by atoms with Crippen LogP contribution in [0.25, 0.3) is 0 Å². The number of hydrogen-bond acceptors (Lipinski definition) is 5. The minimum absolute atomic E-state index is 0.100. The van der Waals surface area contributed by atoms with Gasteiger partial charge in [0.25, 0.3) is 11.6 Å². The van der Waals surface area contributed by atoms with Gasteiger partial charge in [0.05, 0.1) is 10.6 Å². The summed E-state index contributed by atoms with van der Waals surface area (Å²) in [6.45, 7) is 11.9. The summed E-state index contributed by atoms with van der Waals surface area (Å²) in [6, 6.07) is 8.63. The second kappa shape index (κ2) is 7.50. The molecule has 0 unspecified atom stereocenters. The predicted molar refractivity (Wildman–Crippen MR) is 107 cm³/mol. The van der Waals surface area contributed by atoms with Crippen LogP contribution in [0.4, 0.5) is 11.4 Å². The summed E-state index contributed by atoms with van der Waals surface area (Å²) >= 11 is 0. The molecule has 0 aromatic heterocycles. The van der Waals surface area contributed by atoms with Crippen molar-refractivity contribution in [2.45, 2.75) is 52.4 Å². The van der Waals surface area contributed by atoms with Crippen LogP contribution < -0.4 is 0 Å². The third kappa shape index (κ3) is 4.79. The molecule has 2 aromatic rings. The van der Waals surface area contributed by atoms with Crippen LogP contribution in [0.15, 0.2) is 46.6 Å². The Bertz CT molecular complexity index is 899.